The summed E-state index contributed by atoms with van der Waals surface area (Å²) in [5, 5.41) is 15.0. The van der Waals surface area contributed by atoms with Gasteiger partial charge in [0, 0.05) is 12.3 Å². The standard InChI is InChI=1S/C24H17FN4O3S/c25-16-8-2-4-11-19(16)28-23(22(27-24(28)33)17-9-5-6-14-26-17)21-13-12-20(32-21)15-7-1-3-10-18(15)29(30)31/h1-14,22-23H,(H,27,33)/t22-,23+/m1/s1. The van der Waals surface area contributed by atoms with Gasteiger partial charge in [-0.05, 0) is 54.7 Å². The third-order valence-corrected chi connectivity index (χ3v) is 5.81. The molecule has 0 unspecified atom stereocenters. The summed E-state index contributed by atoms with van der Waals surface area (Å²) >= 11 is 5.58. The summed E-state index contributed by atoms with van der Waals surface area (Å²) in [6.07, 6.45) is 1.67. The summed E-state index contributed by atoms with van der Waals surface area (Å²) in [6.45, 7) is 0. The van der Waals surface area contributed by atoms with Crippen LogP contribution in [0.2, 0.25) is 0 Å². The molecule has 1 aliphatic heterocycles. The number of nitrogens with one attached hydrogen (secondary N) is 1. The molecule has 0 saturated carbocycles. The lowest BCUT2D eigenvalue weighted by Crippen LogP contribution is -2.30. The van der Waals surface area contributed by atoms with Crippen molar-refractivity contribution in [1.29, 1.82) is 0 Å². The molecule has 0 aliphatic carbocycles. The fraction of sp³-hybridized carbons (Fsp3) is 0.0833. The first-order valence-corrected chi connectivity index (χ1v) is 10.5. The highest BCUT2D eigenvalue weighted by Gasteiger charge is 2.43. The van der Waals surface area contributed by atoms with Crippen molar-refractivity contribution in [3.8, 4) is 11.3 Å². The largest absolute Gasteiger partial charge is 0.459 e. The number of thiocarbonyl (C=S) groups is 1. The van der Waals surface area contributed by atoms with Crippen LogP contribution in [0, 0.1) is 15.9 Å². The zero-order valence-corrected chi connectivity index (χ0v) is 17.9. The van der Waals surface area contributed by atoms with Gasteiger partial charge in [0.1, 0.15) is 23.4 Å². The molecule has 7 nitrogen and oxygen atoms in total. The lowest BCUT2D eigenvalue weighted by atomic mass is 10.0. The molecule has 1 fully saturated rings. The van der Waals surface area contributed by atoms with E-state index in [0.717, 1.165) is 0 Å². The number of nitro groups is 1. The maximum Gasteiger partial charge on any atom is 0.280 e. The molecule has 3 heterocycles. The van der Waals surface area contributed by atoms with Crippen LogP contribution in [-0.4, -0.2) is 15.0 Å². The second kappa shape index (κ2) is 8.44. The number of rotatable bonds is 5. The van der Waals surface area contributed by atoms with Gasteiger partial charge in [0.15, 0.2) is 5.11 Å². The Morgan fingerprint density at radius 1 is 1.03 bits per heavy atom. The third kappa shape index (κ3) is 3.72. The highest BCUT2D eigenvalue weighted by Crippen LogP contribution is 2.44. The van der Waals surface area contributed by atoms with Gasteiger partial charge in [0.05, 0.1) is 27.9 Å². The molecule has 1 N–H and O–H groups in total. The molecule has 33 heavy (non-hydrogen) atoms. The highest BCUT2D eigenvalue weighted by molar-refractivity contribution is 7.80. The van der Waals surface area contributed by atoms with E-state index in [4.69, 9.17) is 16.6 Å². The van der Waals surface area contributed by atoms with E-state index in [1.165, 1.54) is 12.1 Å². The Labute approximate surface area is 193 Å². The molecule has 1 aliphatic rings. The minimum absolute atomic E-state index is 0.0642. The van der Waals surface area contributed by atoms with Crippen molar-refractivity contribution in [2.75, 3.05) is 4.90 Å². The fourth-order valence-electron chi connectivity index (χ4n) is 4.05. The summed E-state index contributed by atoms with van der Waals surface area (Å²) in [6, 6.07) is 20.6. The van der Waals surface area contributed by atoms with Gasteiger partial charge < -0.3 is 14.6 Å². The predicted octanol–water partition coefficient (Wildman–Crippen LogP) is 5.57. The van der Waals surface area contributed by atoms with Gasteiger partial charge in [-0.2, -0.15) is 0 Å². The molecular weight excluding hydrogens is 443 g/mol. The molecule has 2 atom stereocenters. The SMILES string of the molecule is O=[N+]([O-])c1ccccc1-c1ccc([C@H]2[C@@H](c3ccccn3)NC(=S)N2c2ccccc2F)o1. The molecule has 9 heteroatoms. The molecule has 1 saturated heterocycles. The van der Waals surface area contributed by atoms with E-state index in [1.807, 2.05) is 12.1 Å². The van der Waals surface area contributed by atoms with Crippen molar-refractivity contribution in [3.05, 3.63) is 112 Å². The van der Waals surface area contributed by atoms with Crippen LogP contribution in [0.1, 0.15) is 23.5 Å². The normalized spacial score (nSPS) is 17.7. The van der Waals surface area contributed by atoms with Gasteiger partial charge in [-0.15, -0.1) is 0 Å². The fourth-order valence-corrected chi connectivity index (χ4v) is 4.39. The van der Waals surface area contributed by atoms with E-state index in [9.17, 15) is 14.5 Å². The highest BCUT2D eigenvalue weighted by atomic mass is 32.1. The Hall–Kier alpha value is -4.11. The molecule has 0 spiro atoms. The van der Waals surface area contributed by atoms with Crippen molar-refractivity contribution >= 4 is 28.7 Å². The van der Waals surface area contributed by atoms with Crippen molar-refractivity contribution in [2.45, 2.75) is 12.1 Å². The Morgan fingerprint density at radius 2 is 1.79 bits per heavy atom. The molecule has 164 valence electrons. The molecule has 4 aromatic rings. The van der Waals surface area contributed by atoms with Crippen molar-refractivity contribution in [1.82, 2.24) is 10.3 Å². The van der Waals surface area contributed by atoms with Crippen LogP contribution in [-0.2, 0) is 0 Å². The average Bonchev–Trinajstić information content (AvgIpc) is 3.44. The van der Waals surface area contributed by atoms with Gasteiger partial charge in [0.2, 0.25) is 0 Å². The van der Waals surface area contributed by atoms with E-state index in [0.29, 0.717) is 33.6 Å². The van der Waals surface area contributed by atoms with Crippen LogP contribution in [0.25, 0.3) is 11.3 Å². The van der Waals surface area contributed by atoms with Gasteiger partial charge in [-0.25, -0.2) is 4.39 Å². The van der Waals surface area contributed by atoms with Crippen LogP contribution < -0.4 is 10.2 Å². The Kier molecular flexibility index (Phi) is 5.31. The number of halogens is 1. The van der Waals surface area contributed by atoms with Crippen molar-refractivity contribution in [2.24, 2.45) is 0 Å². The second-order valence-corrected chi connectivity index (χ2v) is 7.81. The van der Waals surface area contributed by atoms with Crippen molar-refractivity contribution in [3.63, 3.8) is 0 Å². The maximum atomic E-state index is 14.8. The van der Waals surface area contributed by atoms with Gasteiger partial charge >= 0.3 is 0 Å². The first-order valence-electron chi connectivity index (χ1n) is 10.1. The number of aromatic nitrogens is 1. The number of hydrogen-bond donors (Lipinski definition) is 1. The summed E-state index contributed by atoms with van der Waals surface area (Å²) < 4.78 is 20.9. The Bertz CT molecular complexity index is 1340. The Balaban J connectivity index is 1.63. The number of pyridine rings is 1. The summed E-state index contributed by atoms with van der Waals surface area (Å²) in [5.41, 5.74) is 1.29. The van der Waals surface area contributed by atoms with Gasteiger partial charge in [0.25, 0.3) is 5.69 Å². The quantitative estimate of drug-likeness (QED) is 0.237. The Morgan fingerprint density at radius 3 is 2.55 bits per heavy atom. The average molecular weight is 460 g/mol. The van der Waals surface area contributed by atoms with Crippen LogP contribution in [0.4, 0.5) is 15.8 Å². The number of nitrogens with zero attached hydrogens (tertiary/aromatic N) is 3. The molecule has 2 aromatic heterocycles. The van der Waals surface area contributed by atoms with Gasteiger partial charge in [-0.3, -0.25) is 15.1 Å². The van der Waals surface area contributed by atoms with Gasteiger partial charge in [-0.1, -0.05) is 30.3 Å². The number of furan rings is 1. The first kappa shape index (κ1) is 20.8. The summed E-state index contributed by atoms with van der Waals surface area (Å²) in [7, 11) is 0. The van der Waals surface area contributed by atoms with Crippen LogP contribution >= 0.6 is 12.2 Å². The topological polar surface area (TPSA) is 84.4 Å². The molecule has 0 amide bonds. The van der Waals surface area contributed by atoms with E-state index in [1.54, 1.807) is 65.7 Å². The van der Waals surface area contributed by atoms with Crippen LogP contribution in [0.3, 0.4) is 0 Å². The lowest BCUT2D eigenvalue weighted by molar-refractivity contribution is -0.384. The second-order valence-electron chi connectivity index (χ2n) is 7.42. The third-order valence-electron chi connectivity index (χ3n) is 5.49. The molecule has 0 bridgehead atoms. The first-order chi connectivity index (χ1) is 16.0. The number of benzene rings is 2. The van der Waals surface area contributed by atoms with E-state index in [-0.39, 0.29) is 5.69 Å². The zero-order valence-electron chi connectivity index (χ0n) is 17.1. The van der Waals surface area contributed by atoms with Crippen LogP contribution in [0.15, 0.2) is 89.5 Å². The molecule has 0 radical (unpaired) electrons. The lowest BCUT2D eigenvalue weighted by Gasteiger charge is -2.26. The van der Waals surface area contributed by atoms with E-state index < -0.39 is 22.8 Å². The number of anilines is 1. The van der Waals surface area contributed by atoms with E-state index in [2.05, 4.69) is 10.3 Å². The predicted molar refractivity (Wildman–Crippen MR) is 125 cm³/mol. The van der Waals surface area contributed by atoms with Crippen molar-refractivity contribution < 1.29 is 13.7 Å². The van der Waals surface area contributed by atoms with E-state index >= 15 is 0 Å². The molecule has 2 aromatic carbocycles. The number of hydrogen-bond acceptors (Lipinski definition) is 5. The minimum Gasteiger partial charge on any atom is -0.459 e. The summed E-state index contributed by atoms with van der Waals surface area (Å²) in [5.74, 6) is 0.372. The molecular formula is C24H17FN4O3S. The minimum atomic E-state index is -0.569. The van der Waals surface area contributed by atoms with Crippen LogP contribution in [0.5, 0.6) is 0 Å². The summed E-state index contributed by atoms with van der Waals surface area (Å²) in [4.78, 5) is 17.1. The molecule has 5 rings (SSSR count). The maximum absolute atomic E-state index is 14.8. The zero-order chi connectivity index (χ0) is 22.9. The number of para-hydroxylation sites is 2. The smallest absolute Gasteiger partial charge is 0.280 e. The number of nitro benzene ring substituents is 1. The monoisotopic (exact) mass is 460 g/mol.